The van der Waals surface area contributed by atoms with Crippen molar-refractivity contribution in [1.29, 1.82) is 0 Å². The molecule has 0 radical (unpaired) electrons. The van der Waals surface area contributed by atoms with Crippen molar-refractivity contribution in [1.82, 2.24) is 4.90 Å². The number of nitrogens with two attached hydrogens (primary N) is 1. The highest BCUT2D eigenvalue weighted by molar-refractivity contribution is 4.85. The molecule has 2 N–H and O–H groups in total. The Kier molecular flexibility index (Phi) is 8.83. The highest BCUT2D eigenvalue weighted by Gasteiger charge is 2.26. The standard InChI is InChI=1S/C14H32N2O/c1-6-14(5,12-15)16(7-2)9-11-17-10-8-13(3)4/h13H,6-12,15H2,1-5H3. The summed E-state index contributed by atoms with van der Waals surface area (Å²) in [6.07, 6.45) is 2.23. The molecule has 0 spiro atoms. The summed E-state index contributed by atoms with van der Waals surface area (Å²) in [6.45, 7) is 15.5. The van der Waals surface area contributed by atoms with Crippen LogP contribution >= 0.6 is 0 Å². The largest absolute Gasteiger partial charge is 0.380 e. The molecule has 0 aromatic carbocycles. The first-order valence-electron chi connectivity index (χ1n) is 7.03. The van der Waals surface area contributed by atoms with Crippen LogP contribution in [0.4, 0.5) is 0 Å². The predicted octanol–water partition coefficient (Wildman–Crippen LogP) is 2.50. The number of ether oxygens (including phenoxy) is 1. The minimum atomic E-state index is 0.121. The molecule has 17 heavy (non-hydrogen) atoms. The molecular weight excluding hydrogens is 212 g/mol. The molecule has 0 saturated carbocycles. The third kappa shape index (κ3) is 6.39. The minimum absolute atomic E-state index is 0.121. The predicted molar refractivity (Wildman–Crippen MR) is 75.3 cm³/mol. The second-order valence-electron chi connectivity index (χ2n) is 5.43. The van der Waals surface area contributed by atoms with E-state index in [2.05, 4.69) is 39.5 Å². The molecule has 3 nitrogen and oxygen atoms in total. The first kappa shape index (κ1) is 16.9. The van der Waals surface area contributed by atoms with E-state index in [0.717, 1.165) is 45.1 Å². The van der Waals surface area contributed by atoms with Crippen LogP contribution in [0.25, 0.3) is 0 Å². The van der Waals surface area contributed by atoms with Gasteiger partial charge in [0.2, 0.25) is 0 Å². The topological polar surface area (TPSA) is 38.5 Å². The molecule has 0 amide bonds. The van der Waals surface area contributed by atoms with E-state index in [1.54, 1.807) is 0 Å². The Labute approximate surface area is 108 Å². The van der Waals surface area contributed by atoms with Crippen molar-refractivity contribution in [2.45, 2.75) is 53.0 Å². The lowest BCUT2D eigenvalue weighted by atomic mass is 9.96. The van der Waals surface area contributed by atoms with Gasteiger partial charge in [0.15, 0.2) is 0 Å². The van der Waals surface area contributed by atoms with Gasteiger partial charge < -0.3 is 10.5 Å². The zero-order valence-electron chi connectivity index (χ0n) is 12.5. The van der Waals surface area contributed by atoms with Gasteiger partial charge in [0.05, 0.1) is 6.61 Å². The Morgan fingerprint density at radius 1 is 1.24 bits per heavy atom. The third-order valence-electron chi connectivity index (χ3n) is 3.69. The molecule has 0 saturated heterocycles. The van der Waals surface area contributed by atoms with Crippen molar-refractivity contribution < 1.29 is 4.74 Å². The average molecular weight is 244 g/mol. The van der Waals surface area contributed by atoms with E-state index < -0.39 is 0 Å². The van der Waals surface area contributed by atoms with Crippen LogP contribution in [0, 0.1) is 5.92 Å². The Morgan fingerprint density at radius 2 is 1.88 bits per heavy atom. The molecule has 0 aliphatic rings. The van der Waals surface area contributed by atoms with E-state index in [0.29, 0.717) is 6.54 Å². The maximum atomic E-state index is 5.88. The maximum Gasteiger partial charge on any atom is 0.0593 e. The zero-order chi connectivity index (χ0) is 13.3. The third-order valence-corrected chi connectivity index (χ3v) is 3.69. The van der Waals surface area contributed by atoms with Crippen LogP contribution in [-0.2, 0) is 4.74 Å². The Hall–Kier alpha value is -0.120. The van der Waals surface area contributed by atoms with Gasteiger partial charge in [-0.25, -0.2) is 0 Å². The van der Waals surface area contributed by atoms with Crippen LogP contribution < -0.4 is 5.73 Å². The lowest BCUT2D eigenvalue weighted by molar-refractivity contribution is 0.0513. The van der Waals surface area contributed by atoms with E-state index in [1.165, 1.54) is 0 Å². The molecule has 0 rings (SSSR count). The van der Waals surface area contributed by atoms with Crippen LogP contribution in [-0.4, -0.2) is 43.3 Å². The van der Waals surface area contributed by atoms with Crippen molar-refractivity contribution in [2.75, 3.05) is 32.8 Å². The summed E-state index contributed by atoms with van der Waals surface area (Å²) in [4.78, 5) is 2.43. The number of rotatable bonds is 10. The molecule has 1 atom stereocenters. The highest BCUT2D eigenvalue weighted by atomic mass is 16.5. The summed E-state index contributed by atoms with van der Waals surface area (Å²) < 4.78 is 5.68. The molecule has 3 heteroatoms. The summed E-state index contributed by atoms with van der Waals surface area (Å²) in [7, 11) is 0. The zero-order valence-corrected chi connectivity index (χ0v) is 12.5. The van der Waals surface area contributed by atoms with E-state index >= 15 is 0 Å². The number of nitrogens with zero attached hydrogens (tertiary/aromatic N) is 1. The molecule has 1 unspecified atom stereocenters. The molecule has 0 aliphatic carbocycles. The lowest BCUT2D eigenvalue weighted by Gasteiger charge is -2.39. The number of likely N-dealkylation sites (N-methyl/N-ethyl adjacent to an activating group) is 1. The molecule has 0 aromatic rings. The molecular formula is C14H32N2O. The van der Waals surface area contributed by atoms with E-state index in [4.69, 9.17) is 10.5 Å². The van der Waals surface area contributed by atoms with Gasteiger partial charge in [-0.3, -0.25) is 4.90 Å². The fourth-order valence-corrected chi connectivity index (χ4v) is 1.90. The first-order valence-corrected chi connectivity index (χ1v) is 7.03. The van der Waals surface area contributed by atoms with Crippen molar-refractivity contribution in [3.63, 3.8) is 0 Å². The smallest absolute Gasteiger partial charge is 0.0593 e. The van der Waals surface area contributed by atoms with E-state index in [9.17, 15) is 0 Å². The van der Waals surface area contributed by atoms with Gasteiger partial charge in [-0.2, -0.15) is 0 Å². The van der Waals surface area contributed by atoms with Crippen LogP contribution in [0.15, 0.2) is 0 Å². The van der Waals surface area contributed by atoms with E-state index in [1.807, 2.05) is 0 Å². The van der Waals surface area contributed by atoms with Crippen molar-refractivity contribution in [3.05, 3.63) is 0 Å². The summed E-state index contributed by atoms with van der Waals surface area (Å²) in [6, 6.07) is 0. The monoisotopic (exact) mass is 244 g/mol. The van der Waals surface area contributed by atoms with Crippen LogP contribution in [0.1, 0.15) is 47.5 Å². The van der Waals surface area contributed by atoms with Gasteiger partial charge in [0.1, 0.15) is 0 Å². The van der Waals surface area contributed by atoms with Gasteiger partial charge in [-0.05, 0) is 32.2 Å². The second kappa shape index (κ2) is 8.90. The average Bonchev–Trinajstić information content (AvgIpc) is 2.32. The van der Waals surface area contributed by atoms with E-state index in [-0.39, 0.29) is 5.54 Å². The Balaban J connectivity index is 3.89. The maximum absolute atomic E-state index is 5.88. The highest BCUT2D eigenvalue weighted by Crippen LogP contribution is 2.17. The molecule has 104 valence electrons. The van der Waals surface area contributed by atoms with Gasteiger partial charge in [0, 0.05) is 25.2 Å². The quantitative estimate of drug-likeness (QED) is 0.600. The molecule has 0 bridgehead atoms. The fourth-order valence-electron chi connectivity index (χ4n) is 1.90. The van der Waals surface area contributed by atoms with Crippen molar-refractivity contribution in [3.8, 4) is 0 Å². The summed E-state index contributed by atoms with van der Waals surface area (Å²) in [5.41, 5.74) is 6.00. The van der Waals surface area contributed by atoms with Gasteiger partial charge in [0.25, 0.3) is 0 Å². The Morgan fingerprint density at radius 3 is 2.29 bits per heavy atom. The number of hydrogen-bond donors (Lipinski definition) is 1. The molecule has 0 fully saturated rings. The first-order chi connectivity index (χ1) is 8.00. The summed E-state index contributed by atoms with van der Waals surface area (Å²) in [5, 5.41) is 0. The minimum Gasteiger partial charge on any atom is -0.380 e. The van der Waals surface area contributed by atoms with Crippen molar-refractivity contribution in [2.24, 2.45) is 11.7 Å². The molecule has 0 aromatic heterocycles. The van der Waals surface area contributed by atoms with Crippen LogP contribution in [0.3, 0.4) is 0 Å². The lowest BCUT2D eigenvalue weighted by Crippen LogP contribution is -2.52. The van der Waals surface area contributed by atoms with Crippen LogP contribution in [0.2, 0.25) is 0 Å². The molecule has 0 aliphatic heterocycles. The Bertz CT molecular complexity index is 179. The normalized spacial score (nSPS) is 15.5. The van der Waals surface area contributed by atoms with Gasteiger partial charge >= 0.3 is 0 Å². The molecule has 0 heterocycles. The second-order valence-corrected chi connectivity index (χ2v) is 5.43. The van der Waals surface area contributed by atoms with Gasteiger partial charge in [-0.1, -0.05) is 27.7 Å². The van der Waals surface area contributed by atoms with Crippen LogP contribution in [0.5, 0.6) is 0 Å². The van der Waals surface area contributed by atoms with Gasteiger partial charge in [-0.15, -0.1) is 0 Å². The summed E-state index contributed by atoms with van der Waals surface area (Å²) >= 11 is 0. The van der Waals surface area contributed by atoms with Crippen molar-refractivity contribution >= 4 is 0 Å². The fraction of sp³-hybridized carbons (Fsp3) is 1.00. The number of hydrogen-bond acceptors (Lipinski definition) is 3. The summed E-state index contributed by atoms with van der Waals surface area (Å²) in [5.74, 6) is 0.724. The SMILES string of the molecule is CCN(CCOCCC(C)C)C(C)(CC)CN.